The zero-order chi connectivity index (χ0) is 12.3. The molecule has 0 unspecified atom stereocenters. The van der Waals surface area contributed by atoms with Crippen molar-refractivity contribution in [3.05, 3.63) is 30.6 Å². The van der Waals surface area contributed by atoms with E-state index in [0.717, 1.165) is 5.69 Å². The normalized spacial score (nSPS) is 10.0. The average molecular weight is 231 g/mol. The van der Waals surface area contributed by atoms with Crippen LogP contribution >= 0.6 is 0 Å². The number of nitrogens with two attached hydrogens (primary N) is 1. The largest absolute Gasteiger partial charge is 0.481 e. The van der Waals surface area contributed by atoms with Crippen molar-refractivity contribution in [3.8, 4) is 5.88 Å². The Morgan fingerprint density at radius 1 is 1.35 bits per heavy atom. The lowest BCUT2D eigenvalue weighted by atomic mass is 10.4. The van der Waals surface area contributed by atoms with Crippen LogP contribution in [0.1, 0.15) is 0 Å². The number of nitrogens with zero attached hydrogens (tertiary/aromatic N) is 4. The van der Waals surface area contributed by atoms with Gasteiger partial charge in [0.25, 0.3) is 0 Å². The van der Waals surface area contributed by atoms with Crippen molar-refractivity contribution >= 4 is 17.5 Å². The van der Waals surface area contributed by atoms with Crippen LogP contribution in [-0.4, -0.2) is 29.1 Å². The van der Waals surface area contributed by atoms with Gasteiger partial charge in [0.15, 0.2) is 0 Å². The Kier molecular flexibility index (Phi) is 3.04. The topological polar surface area (TPSA) is 77.2 Å². The van der Waals surface area contributed by atoms with Gasteiger partial charge in [0.1, 0.15) is 5.82 Å². The van der Waals surface area contributed by atoms with E-state index in [9.17, 15) is 0 Å². The summed E-state index contributed by atoms with van der Waals surface area (Å²) in [6, 6.07) is 5.49. The monoisotopic (exact) mass is 231 g/mol. The third-order valence-electron chi connectivity index (χ3n) is 2.29. The van der Waals surface area contributed by atoms with Gasteiger partial charge in [-0.15, -0.1) is 0 Å². The Labute approximate surface area is 99.1 Å². The van der Waals surface area contributed by atoms with Crippen molar-refractivity contribution in [2.45, 2.75) is 0 Å². The molecule has 0 aromatic carbocycles. The Morgan fingerprint density at radius 2 is 2.18 bits per heavy atom. The predicted octanol–water partition coefficient (Wildman–Crippen LogP) is 1.23. The zero-order valence-corrected chi connectivity index (χ0v) is 9.66. The molecule has 17 heavy (non-hydrogen) atoms. The van der Waals surface area contributed by atoms with Crippen LogP contribution < -0.4 is 15.4 Å². The van der Waals surface area contributed by atoms with Gasteiger partial charge in [0.05, 0.1) is 19.0 Å². The second kappa shape index (κ2) is 4.65. The molecule has 0 radical (unpaired) electrons. The van der Waals surface area contributed by atoms with E-state index < -0.39 is 0 Å². The number of hydrogen-bond donors (Lipinski definition) is 1. The third kappa shape index (κ3) is 2.41. The van der Waals surface area contributed by atoms with Gasteiger partial charge < -0.3 is 15.4 Å². The highest BCUT2D eigenvalue weighted by molar-refractivity contribution is 5.59. The molecule has 6 heteroatoms. The number of pyridine rings is 1. The number of rotatable bonds is 3. The molecule has 88 valence electrons. The minimum atomic E-state index is 0.176. The molecule has 0 atom stereocenters. The summed E-state index contributed by atoms with van der Waals surface area (Å²) in [7, 11) is 3.41. The lowest BCUT2D eigenvalue weighted by molar-refractivity contribution is 0.398. The van der Waals surface area contributed by atoms with Gasteiger partial charge in [-0.2, -0.15) is 9.97 Å². The maximum atomic E-state index is 5.61. The van der Waals surface area contributed by atoms with Crippen LogP contribution in [0.3, 0.4) is 0 Å². The first-order chi connectivity index (χ1) is 8.20. The molecule has 0 bridgehead atoms. The first-order valence-corrected chi connectivity index (χ1v) is 5.03. The van der Waals surface area contributed by atoms with Crippen LogP contribution in [0.25, 0.3) is 0 Å². The fourth-order valence-electron chi connectivity index (χ4n) is 1.39. The highest BCUT2D eigenvalue weighted by Crippen LogP contribution is 2.23. The number of hydrogen-bond acceptors (Lipinski definition) is 6. The third-order valence-corrected chi connectivity index (χ3v) is 2.29. The SMILES string of the molecule is COc1cc(N(C)c2cccnc2)nc(N)n1. The molecule has 0 saturated carbocycles. The molecule has 2 aromatic rings. The molecule has 0 saturated heterocycles. The van der Waals surface area contributed by atoms with Crippen molar-refractivity contribution < 1.29 is 4.74 Å². The molecular weight excluding hydrogens is 218 g/mol. The van der Waals surface area contributed by atoms with Crippen LogP contribution in [-0.2, 0) is 0 Å². The molecule has 2 N–H and O–H groups in total. The smallest absolute Gasteiger partial charge is 0.225 e. The minimum absolute atomic E-state index is 0.176. The second-order valence-electron chi connectivity index (χ2n) is 3.40. The summed E-state index contributed by atoms with van der Waals surface area (Å²) in [6.45, 7) is 0. The number of anilines is 3. The Balaban J connectivity index is 2.37. The zero-order valence-electron chi connectivity index (χ0n) is 9.66. The number of ether oxygens (including phenoxy) is 1. The van der Waals surface area contributed by atoms with Gasteiger partial charge in [-0.1, -0.05) is 0 Å². The lowest BCUT2D eigenvalue weighted by Crippen LogP contribution is -2.13. The number of nitrogen functional groups attached to an aromatic ring is 1. The van der Waals surface area contributed by atoms with Gasteiger partial charge in [-0.25, -0.2) is 0 Å². The van der Waals surface area contributed by atoms with Crippen molar-refractivity contribution in [3.63, 3.8) is 0 Å². The van der Waals surface area contributed by atoms with E-state index in [4.69, 9.17) is 10.5 Å². The summed E-state index contributed by atoms with van der Waals surface area (Å²) in [4.78, 5) is 14.0. The van der Waals surface area contributed by atoms with Crippen molar-refractivity contribution in [2.75, 3.05) is 24.8 Å². The van der Waals surface area contributed by atoms with Gasteiger partial charge in [-0.3, -0.25) is 4.98 Å². The van der Waals surface area contributed by atoms with Crippen molar-refractivity contribution in [1.29, 1.82) is 0 Å². The molecule has 2 heterocycles. The molecule has 0 spiro atoms. The van der Waals surface area contributed by atoms with Gasteiger partial charge in [-0.05, 0) is 12.1 Å². The molecule has 2 aromatic heterocycles. The van der Waals surface area contributed by atoms with Gasteiger partial charge in [0, 0.05) is 19.3 Å². The summed E-state index contributed by atoms with van der Waals surface area (Å²) in [5.41, 5.74) is 6.52. The second-order valence-corrected chi connectivity index (χ2v) is 3.40. The maximum Gasteiger partial charge on any atom is 0.225 e. The van der Waals surface area contributed by atoms with E-state index in [1.54, 1.807) is 18.5 Å². The Morgan fingerprint density at radius 3 is 2.82 bits per heavy atom. The van der Waals surface area contributed by atoms with E-state index in [2.05, 4.69) is 15.0 Å². The van der Waals surface area contributed by atoms with E-state index in [-0.39, 0.29) is 5.95 Å². The fraction of sp³-hybridized carbons (Fsp3) is 0.182. The first kappa shape index (κ1) is 11.1. The molecule has 0 amide bonds. The molecule has 0 fully saturated rings. The van der Waals surface area contributed by atoms with Crippen molar-refractivity contribution in [2.24, 2.45) is 0 Å². The minimum Gasteiger partial charge on any atom is -0.481 e. The molecular formula is C11H13N5O. The quantitative estimate of drug-likeness (QED) is 0.856. The fourth-order valence-corrected chi connectivity index (χ4v) is 1.39. The van der Waals surface area contributed by atoms with E-state index in [1.807, 2.05) is 24.1 Å². The van der Waals surface area contributed by atoms with Crippen LogP contribution in [0.15, 0.2) is 30.6 Å². The predicted molar refractivity (Wildman–Crippen MR) is 65.3 cm³/mol. The lowest BCUT2D eigenvalue weighted by Gasteiger charge is -2.18. The first-order valence-electron chi connectivity index (χ1n) is 5.03. The number of aromatic nitrogens is 3. The summed E-state index contributed by atoms with van der Waals surface area (Å²) in [6.07, 6.45) is 3.46. The molecule has 0 aliphatic rings. The Bertz CT molecular complexity index is 502. The summed E-state index contributed by atoms with van der Waals surface area (Å²) in [5.74, 6) is 1.26. The number of methoxy groups -OCH3 is 1. The van der Waals surface area contributed by atoms with Crippen LogP contribution in [0.5, 0.6) is 5.88 Å². The van der Waals surface area contributed by atoms with E-state index in [0.29, 0.717) is 11.7 Å². The molecule has 0 aliphatic carbocycles. The molecule has 6 nitrogen and oxygen atoms in total. The standard InChI is InChI=1S/C11H13N5O/c1-16(8-4-3-5-13-7-8)9-6-10(17-2)15-11(12)14-9/h3-7H,1-2H3,(H2,12,14,15). The van der Waals surface area contributed by atoms with Gasteiger partial charge >= 0.3 is 0 Å². The summed E-state index contributed by atoms with van der Waals surface area (Å²) in [5, 5.41) is 0. The van der Waals surface area contributed by atoms with Crippen LogP contribution in [0.4, 0.5) is 17.5 Å². The van der Waals surface area contributed by atoms with E-state index in [1.165, 1.54) is 7.11 Å². The molecule has 2 rings (SSSR count). The Hall–Kier alpha value is -2.37. The summed E-state index contributed by atoms with van der Waals surface area (Å²) < 4.78 is 5.05. The average Bonchev–Trinajstić information content (AvgIpc) is 2.38. The summed E-state index contributed by atoms with van der Waals surface area (Å²) >= 11 is 0. The van der Waals surface area contributed by atoms with Crippen molar-refractivity contribution in [1.82, 2.24) is 15.0 Å². The molecule has 0 aliphatic heterocycles. The maximum absolute atomic E-state index is 5.61. The van der Waals surface area contributed by atoms with Crippen LogP contribution in [0.2, 0.25) is 0 Å². The van der Waals surface area contributed by atoms with E-state index >= 15 is 0 Å². The highest BCUT2D eigenvalue weighted by Gasteiger charge is 2.08. The van der Waals surface area contributed by atoms with Gasteiger partial charge in [0.2, 0.25) is 11.8 Å². The van der Waals surface area contributed by atoms with Crippen LogP contribution in [0, 0.1) is 0 Å². The highest BCUT2D eigenvalue weighted by atomic mass is 16.5.